The third kappa shape index (κ3) is 30.3. The van der Waals surface area contributed by atoms with Crippen LogP contribution in [0, 0.1) is 0 Å². The summed E-state index contributed by atoms with van der Waals surface area (Å²) in [5.74, 6) is -0.824. The van der Waals surface area contributed by atoms with Crippen LogP contribution in [0.4, 0.5) is 0 Å². The third-order valence-corrected chi connectivity index (χ3v) is 9.15. The fourth-order valence-corrected chi connectivity index (χ4v) is 5.83. The molecular formula is C39H74N10O9. The van der Waals surface area contributed by atoms with E-state index in [-0.39, 0.29) is 70.5 Å². The van der Waals surface area contributed by atoms with Crippen molar-refractivity contribution in [2.45, 2.75) is 135 Å². The Kier molecular flexibility index (Phi) is 33.8. The van der Waals surface area contributed by atoms with E-state index in [1.807, 2.05) is 6.92 Å². The minimum absolute atomic E-state index is 0.0435. The summed E-state index contributed by atoms with van der Waals surface area (Å²) in [4.78, 5) is 60.8. The number of hydrogen-bond donors (Lipinski definition) is 7. The zero-order valence-corrected chi connectivity index (χ0v) is 35.3. The van der Waals surface area contributed by atoms with Crippen LogP contribution in [0.3, 0.4) is 0 Å². The highest BCUT2D eigenvalue weighted by molar-refractivity contribution is 5.92. The quantitative estimate of drug-likeness (QED) is 0.0462. The van der Waals surface area contributed by atoms with Crippen LogP contribution in [0.2, 0.25) is 0 Å². The first-order chi connectivity index (χ1) is 28.3. The molecule has 8 N–H and O–H groups in total. The predicted molar refractivity (Wildman–Crippen MR) is 218 cm³/mol. The number of rotatable bonds is 40. The van der Waals surface area contributed by atoms with Gasteiger partial charge in [0.25, 0.3) is 0 Å². The van der Waals surface area contributed by atoms with Crippen molar-refractivity contribution in [1.82, 2.24) is 47.2 Å². The van der Waals surface area contributed by atoms with E-state index in [4.69, 9.17) is 24.7 Å². The highest BCUT2D eigenvalue weighted by atomic mass is 16.5. The van der Waals surface area contributed by atoms with Crippen LogP contribution < -0.4 is 32.3 Å². The molecule has 0 aliphatic rings. The smallest absolute Gasteiger partial charge is 0.246 e. The summed E-state index contributed by atoms with van der Waals surface area (Å²) >= 11 is 0. The Labute approximate surface area is 344 Å². The molecule has 0 aliphatic heterocycles. The van der Waals surface area contributed by atoms with E-state index in [9.17, 15) is 24.0 Å². The van der Waals surface area contributed by atoms with Gasteiger partial charge in [-0.15, -0.1) is 10.2 Å². The normalized spacial score (nSPS) is 12.1. The molecule has 5 amide bonds. The van der Waals surface area contributed by atoms with Gasteiger partial charge in [-0.05, 0) is 19.3 Å². The number of nitrogens with two attached hydrogens (primary N) is 1. The number of hydrogen-bond acceptors (Lipinski definition) is 13. The number of carbonyl (C=O) groups is 5. The topological polar surface area (TPSA) is 263 Å². The van der Waals surface area contributed by atoms with Crippen LogP contribution in [0.15, 0.2) is 0 Å². The highest BCUT2D eigenvalue weighted by Gasteiger charge is 2.25. The summed E-state index contributed by atoms with van der Waals surface area (Å²) in [6, 6.07) is -1.71. The van der Waals surface area contributed by atoms with Gasteiger partial charge in [0.15, 0.2) is 5.82 Å². The van der Waals surface area contributed by atoms with Gasteiger partial charge in [0, 0.05) is 39.5 Å². The molecule has 1 rings (SSSR count). The van der Waals surface area contributed by atoms with Gasteiger partial charge in [-0.25, -0.2) is 0 Å². The second kappa shape index (κ2) is 37.5. The van der Waals surface area contributed by atoms with Crippen molar-refractivity contribution in [3.05, 3.63) is 5.82 Å². The number of unbranched alkanes of at least 4 members (excludes halogenated alkanes) is 13. The van der Waals surface area contributed by atoms with E-state index in [2.05, 4.69) is 47.2 Å². The summed E-state index contributed by atoms with van der Waals surface area (Å²) < 4.78 is 21.5. The molecule has 0 saturated carbocycles. The Morgan fingerprint density at radius 2 is 1.16 bits per heavy atom. The van der Waals surface area contributed by atoms with Gasteiger partial charge >= 0.3 is 0 Å². The number of nitrogens with one attached hydrogen (secondary N) is 6. The van der Waals surface area contributed by atoms with Gasteiger partial charge in [-0.1, -0.05) is 95.6 Å². The second-order valence-electron chi connectivity index (χ2n) is 14.1. The van der Waals surface area contributed by atoms with Crippen LogP contribution in [-0.4, -0.2) is 142 Å². The fourth-order valence-electron chi connectivity index (χ4n) is 5.83. The number of H-pyrrole nitrogens is 1. The number of likely N-dealkylation sites (N-methyl/N-ethyl adjacent to an activating group) is 1. The van der Waals surface area contributed by atoms with Gasteiger partial charge in [0.05, 0.1) is 39.6 Å². The summed E-state index contributed by atoms with van der Waals surface area (Å²) in [5.41, 5.74) is 5.67. The predicted octanol–water partition coefficient (Wildman–Crippen LogP) is 1.37. The van der Waals surface area contributed by atoms with E-state index < -0.39 is 23.9 Å². The van der Waals surface area contributed by atoms with Crippen LogP contribution in [-0.2, 0) is 49.3 Å². The first-order valence-corrected chi connectivity index (χ1v) is 21.4. The molecule has 334 valence electrons. The molecular weight excluding hydrogens is 752 g/mol. The summed E-state index contributed by atoms with van der Waals surface area (Å²) in [6.45, 7) is 3.63. The highest BCUT2D eigenvalue weighted by Crippen LogP contribution is 2.13. The SMILES string of the molecule is CCCC[C@H](NC(=O)[C@H](CN)NC(=O)COCCOCCNC(=O)COCCOCCNC(=O)CCCCCCCCCCCCCCCc1nn[nH]n1)C(=O)NC. The van der Waals surface area contributed by atoms with Crippen LogP contribution >= 0.6 is 0 Å². The molecule has 0 spiro atoms. The number of ether oxygens (including phenoxy) is 4. The number of aromatic amines is 1. The molecule has 19 heteroatoms. The molecule has 0 saturated heterocycles. The molecule has 19 nitrogen and oxygen atoms in total. The fraction of sp³-hybridized carbons (Fsp3) is 0.846. The molecule has 0 fully saturated rings. The molecule has 0 radical (unpaired) electrons. The third-order valence-electron chi connectivity index (χ3n) is 9.15. The van der Waals surface area contributed by atoms with Crippen LogP contribution in [0.1, 0.15) is 122 Å². The number of nitrogens with zero attached hydrogens (tertiary/aromatic N) is 3. The summed E-state index contributed by atoms with van der Waals surface area (Å²) in [6.07, 6.45) is 19.4. The number of amides is 5. The van der Waals surface area contributed by atoms with Crippen molar-refractivity contribution in [3.8, 4) is 0 Å². The molecule has 1 heterocycles. The van der Waals surface area contributed by atoms with Gasteiger partial charge in [0.2, 0.25) is 29.5 Å². The second-order valence-corrected chi connectivity index (χ2v) is 14.1. The van der Waals surface area contributed by atoms with Gasteiger partial charge in [-0.2, -0.15) is 5.21 Å². The van der Waals surface area contributed by atoms with E-state index >= 15 is 0 Å². The Morgan fingerprint density at radius 3 is 1.69 bits per heavy atom. The average Bonchev–Trinajstić information content (AvgIpc) is 3.75. The molecule has 1 aromatic heterocycles. The Morgan fingerprint density at radius 1 is 0.621 bits per heavy atom. The standard InChI is InChI=1S/C39H74N10O9/c1-3-4-18-32(38(53)41-2)45-39(54)33(29-40)44-37(52)31-58-28-26-56-24-22-43-36(51)30-57-27-25-55-23-21-42-35(50)20-17-15-13-11-9-7-5-6-8-10-12-14-16-19-34-46-48-49-47-34/h32-33H,3-31,40H2,1-2H3,(H,41,53)(H,42,50)(H,43,51)(H,44,52)(H,45,54)(H,46,47,48,49)/t32-,33-/m0/s1. The molecule has 0 unspecified atom stereocenters. The average molecular weight is 827 g/mol. The Hall–Kier alpha value is -3.78. The van der Waals surface area contributed by atoms with Crippen molar-refractivity contribution in [2.24, 2.45) is 5.73 Å². The maximum Gasteiger partial charge on any atom is 0.246 e. The molecule has 0 aliphatic carbocycles. The maximum atomic E-state index is 12.6. The molecule has 0 bridgehead atoms. The van der Waals surface area contributed by atoms with Crippen molar-refractivity contribution in [3.63, 3.8) is 0 Å². The maximum absolute atomic E-state index is 12.6. The van der Waals surface area contributed by atoms with Crippen LogP contribution in [0.5, 0.6) is 0 Å². The largest absolute Gasteiger partial charge is 0.377 e. The van der Waals surface area contributed by atoms with E-state index in [1.54, 1.807) is 0 Å². The first kappa shape index (κ1) is 52.2. The number of carbonyl (C=O) groups excluding carboxylic acids is 5. The van der Waals surface area contributed by atoms with E-state index in [0.29, 0.717) is 32.6 Å². The zero-order chi connectivity index (χ0) is 42.3. The lowest BCUT2D eigenvalue weighted by molar-refractivity contribution is -0.133. The van der Waals surface area contributed by atoms with E-state index in [1.165, 1.54) is 71.3 Å². The van der Waals surface area contributed by atoms with Crippen LogP contribution in [0.25, 0.3) is 0 Å². The number of tetrazole rings is 1. The van der Waals surface area contributed by atoms with Crippen molar-refractivity contribution in [1.29, 1.82) is 0 Å². The lowest BCUT2D eigenvalue weighted by Crippen LogP contribution is -2.56. The molecule has 2 atom stereocenters. The minimum atomic E-state index is -1.01. The molecule has 58 heavy (non-hydrogen) atoms. The summed E-state index contributed by atoms with van der Waals surface area (Å²) in [5, 5.41) is 27.3. The lowest BCUT2D eigenvalue weighted by Gasteiger charge is -2.21. The minimum Gasteiger partial charge on any atom is -0.377 e. The Balaban J connectivity index is 1.85. The molecule has 0 aromatic carbocycles. The number of aryl methyl sites for hydroxylation is 1. The first-order valence-electron chi connectivity index (χ1n) is 21.4. The monoisotopic (exact) mass is 827 g/mol. The zero-order valence-electron chi connectivity index (χ0n) is 35.3. The number of aromatic nitrogens is 4. The van der Waals surface area contributed by atoms with Gasteiger partial charge in [0.1, 0.15) is 25.3 Å². The van der Waals surface area contributed by atoms with Crippen molar-refractivity contribution in [2.75, 3.05) is 79.5 Å². The molecule has 1 aromatic rings. The van der Waals surface area contributed by atoms with Crippen molar-refractivity contribution >= 4 is 29.5 Å². The van der Waals surface area contributed by atoms with Gasteiger partial charge < -0.3 is 51.3 Å². The Bertz CT molecular complexity index is 1200. The van der Waals surface area contributed by atoms with Crippen molar-refractivity contribution < 1.29 is 42.9 Å². The lowest BCUT2D eigenvalue weighted by atomic mass is 10.0. The van der Waals surface area contributed by atoms with Gasteiger partial charge in [-0.3, -0.25) is 24.0 Å². The summed E-state index contributed by atoms with van der Waals surface area (Å²) in [7, 11) is 1.49. The van der Waals surface area contributed by atoms with E-state index in [0.717, 1.165) is 44.3 Å².